The predicted octanol–water partition coefficient (Wildman–Crippen LogP) is 1.68. The monoisotopic (exact) mass is 233 g/mol. The summed E-state index contributed by atoms with van der Waals surface area (Å²) in [5.74, 6) is -2.91. The number of rotatable bonds is 1. The Bertz CT molecular complexity index is 659. The van der Waals surface area contributed by atoms with E-state index in [1.807, 2.05) is 0 Å². The number of benzene rings is 1. The Morgan fingerprint density at radius 1 is 1.41 bits per heavy atom. The Balaban J connectivity index is 2.20. The van der Waals surface area contributed by atoms with E-state index in [1.165, 1.54) is 12.1 Å². The van der Waals surface area contributed by atoms with Gasteiger partial charge in [-0.3, -0.25) is 9.59 Å². The van der Waals surface area contributed by atoms with Gasteiger partial charge in [-0.25, -0.2) is 4.39 Å². The van der Waals surface area contributed by atoms with E-state index in [1.54, 1.807) is 16.7 Å². The van der Waals surface area contributed by atoms with Crippen LogP contribution in [0.15, 0.2) is 24.3 Å². The van der Waals surface area contributed by atoms with Crippen molar-refractivity contribution >= 4 is 22.7 Å². The molecule has 0 radical (unpaired) electrons. The van der Waals surface area contributed by atoms with Crippen LogP contribution in [0.1, 0.15) is 10.5 Å². The molecule has 0 aliphatic carbocycles. The van der Waals surface area contributed by atoms with Crippen molar-refractivity contribution in [1.29, 1.82) is 0 Å². The van der Waals surface area contributed by atoms with Crippen molar-refractivity contribution in [3.63, 3.8) is 0 Å². The van der Waals surface area contributed by atoms with Gasteiger partial charge in [-0.1, -0.05) is 0 Å². The van der Waals surface area contributed by atoms with Gasteiger partial charge in [0.2, 0.25) is 0 Å². The molecule has 0 fully saturated rings. The number of aliphatic carboxylic acids is 1. The number of nitrogens with zero attached hydrogens (tertiary/aromatic N) is 1. The molecule has 0 bridgehead atoms. The summed E-state index contributed by atoms with van der Waals surface area (Å²) in [5, 5.41) is 9.52. The van der Waals surface area contributed by atoms with E-state index in [9.17, 15) is 14.0 Å². The number of fused-ring (bicyclic) bond motifs is 3. The van der Waals surface area contributed by atoms with Crippen molar-refractivity contribution in [2.24, 2.45) is 5.92 Å². The number of hydrogen-bond acceptors (Lipinski definition) is 2. The minimum atomic E-state index is -1.12. The summed E-state index contributed by atoms with van der Waals surface area (Å²) in [4.78, 5) is 22.7. The maximum atomic E-state index is 13.0. The summed E-state index contributed by atoms with van der Waals surface area (Å²) < 4.78 is 14.6. The molecule has 1 aliphatic heterocycles. The van der Waals surface area contributed by atoms with Gasteiger partial charge in [-0.2, -0.15) is 0 Å². The highest BCUT2D eigenvalue weighted by atomic mass is 19.1. The molecule has 1 N–H and O–H groups in total. The molecule has 0 saturated heterocycles. The van der Waals surface area contributed by atoms with Crippen molar-refractivity contribution < 1.29 is 19.1 Å². The SMILES string of the molecule is O=C(O)C1Cn2c(cc3cc(F)ccc32)C1=O. The summed E-state index contributed by atoms with van der Waals surface area (Å²) in [5.41, 5.74) is 1.04. The van der Waals surface area contributed by atoms with Crippen molar-refractivity contribution in [2.75, 3.05) is 0 Å². The molecule has 0 saturated carbocycles. The maximum Gasteiger partial charge on any atom is 0.316 e. The summed E-state index contributed by atoms with van der Waals surface area (Å²) in [6.07, 6.45) is 0. The van der Waals surface area contributed by atoms with Crippen LogP contribution < -0.4 is 0 Å². The normalized spacial score (nSPS) is 18.6. The lowest BCUT2D eigenvalue weighted by molar-refractivity contribution is -0.140. The Labute approximate surface area is 95.3 Å². The van der Waals surface area contributed by atoms with Crippen LogP contribution in [-0.4, -0.2) is 21.4 Å². The fourth-order valence-electron chi connectivity index (χ4n) is 2.28. The zero-order valence-corrected chi connectivity index (χ0v) is 8.68. The molecule has 0 amide bonds. The number of halogens is 1. The van der Waals surface area contributed by atoms with E-state index in [0.29, 0.717) is 16.6 Å². The lowest BCUT2D eigenvalue weighted by atomic mass is 10.1. The van der Waals surface area contributed by atoms with Gasteiger partial charge in [0.15, 0.2) is 5.78 Å². The third kappa shape index (κ3) is 1.28. The lowest BCUT2D eigenvalue weighted by Gasteiger charge is -2.02. The molecular weight excluding hydrogens is 225 g/mol. The number of ketones is 1. The molecule has 3 rings (SSSR count). The van der Waals surface area contributed by atoms with E-state index < -0.39 is 17.7 Å². The van der Waals surface area contributed by atoms with Crippen LogP contribution in [0.2, 0.25) is 0 Å². The van der Waals surface area contributed by atoms with Crippen LogP contribution in [0.3, 0.4) is 0 Å². The van der Waals surface area contributed by atoms with Crippen LogP contribution in [0, 0.1) is 11.7 Å². The number of aromatic nitrogens is 1. The van der Waals surface area contributed by atoms with Crippen LogP contribution in [0.4, 0.5) is 4.39 Å². The van der Waals surface area contributed by atoms with Crippen LogP contribution in [0.25, 0.3) is 10.9 Å². The minimum absolute atomic E-state index is 0.124. The molecule has 2 heterocycles. The molecule has 1 atom stereocenters. The topological polar surface area (TPSA) is 59.3 Å². The second-order valence-corrected chi connectivity index (χ2v) is 4.10. The highest BCUT2D eigenvalue weighted by Gasteiger charge is 2.37. The molecule has 2 aromatic rings. The highest BCUT2D eigenvalue weighted by Crippen LogP contribution is 2.29. The Kier molecular flexibility index (Phi) is 1.86. The number of carboxylic acids is 1. The molecule has 0 spiro atoms. The Hall–Kier alpha value is -2.17. The lowest BCUT2D eigenvalue weighted by Crippen LogP contribution is -2.20. The standard InChI is InChI=1S/C12H8FNO3/c13-7-1-2-9-6(3-7)4-10-11(15)8(12(16)17)5-14(9)10/h1-4,8H,5H2,(H,16,17). The van der Waals surface area contributed by atoms with Gasteiger partial charge in [-0.05, 0) is 24.3 Å². The smallest absolute Gasteiger partial charge is 0.316 e. The van der Waals surface area contributed by atoms with E-state index >= 15 is 0 Å². The zero-order valence-electron chi connectivity index (χ0n) is 8.68. The predicted molar refractivity (Wildman–Crippen MR) is 57.4 cm³/mol. The first kappa shape index (κ1) is 10.0. The number of carbonyl (C=O) groups is 2. The van der Waals surface area contributed by atoms with Gasteiger partial charge in [0.05, 0.1) is 5.69 Å². The van der Waals surface area contributed by atoms with Gasteiger partial charge in [0.25, 0.3) is 0 Å². The second kappa shape index (κ2) is 3.16. The number of carbonyl (C=O) groups excluding carboxylic acids is 1. The van der Waals surface area contributed by atoms with Crippen LogP contribution in [-0.2, 0) is 11.3 Å². The van der Waals surface area contributed by atoms with E-state index in [2.05, 4.69) is 0 Å². The molecule has 1 aliphatic rings. The number of Topliss-reactive ketones (excluding diaryl/α,β-unsaturated/α-hetero) is 1. The Morgan fingerprint density at radius 3 is 2.88 bits per heavy atom. The molecular formula is C12H8FNO3. The fourth-order valence-corrected chi connectivity index (χ4v) is 2.28. The summed E-state index contributed by atoms with van der Waals surface area (Å²) >= 11 is 0. The van der Waals surface area contributed by atoms with Crippen LogP contribution in [0.5, 0.6) is 0 Å². The van der Waals surface area contributed by atoms with Gasteiger partial charge in [0.1, 0.15) is 11.7 Å². The Morgan fingerprint density at radius 2 is 2.18 bits per heavy atom. The first-order valence-corrected chi connectivity index (χ1v) is 5.14. The minimum Gasteiger partial charge on any atom is -0.481 e. The average molecular weight is 233 g/mol. The number of carboxylic acid groups (broad SMARTS) is 1. The molecule has 1 aromatic carbocycles. The van der Waals surface area contributed by atoms with Crippen molar-refractivity contribution in [3.05, 3.63) is 35.8 Å². The summed E-state index contributed by atoms with van der Waals surface area (Å²) in [6.45, 7) is 0.124. The first-order chi connectivity index (χ1) is 8.08. The van der Waals surface area contributed by atoms with Gasteiger partial charge in [-0.15, -0.1) is 0 Å². The first-order valence-electron chi connectivity index (χ1n) is 5.14. The quantitative estimate of drug-likeness (QED) is 0.762. The number of hydrogen-bond donors (Lipinski definition) is 1. The molecule has 17 heavy (non-hydrogen) atoms. The summed E-state index contributed by atoms with van der Waals surface area (Å²) in [6, 6.07) is 5.74. The largest absolute Gasteiger partial charge is 0.481 e. The van der Waals surface area contributed by atoms with Gasteiger partial charge >= 0.3 is 5.97 Å². The van der Waals surface area contributed by atoms with E-state index in [-0.39, 0.29) is 12.4 Å². The summed E-state index contributed by atoms with van der Waals surface area (Å²) in [7, 11) is 0. The van der Waals surface area contributed by atoms with Crippen molar-refractivity contribution in [1.82, 2.24) is 4.57 Å². The molecule has 1 unspecified atom stereocenters. The third-order valence-corrected chi connectivity index (χ3v) is 3.10. The molecule has 4 nitrogen and oxygen atoms in total. The second-order valence-electron chi connectivity index (χ2n) is 4.10. The molecule has 86 valence electrons. The van der Waals surface area contributed by atoms with E-state index in [0.717, 1.165) is 0 Å². The fraction of sp³-hybridized carbons (Fsp3) is 0.167. The van der Waals surface area contributed by atoms with Gasteiger partial charge in [0, 0.05) is 17.4 Å². The average Bonchev–Trinajstić information content (AvgIpc) is 2.76. The zero-order chi connectivity index (χ0) is 12.2. The van der Waals surface area contributed by atoms with Crippen molar-refractivity contribution in [3.8, 4) is 0 Å². The highest BCUT2D eigenvalue weighted by molar-refractivity contribution is 6.11. The van der Waals surface area contributed by atoms with Crippen molar-refractivity contribution in [2.45, 2.75) is 6.54 Å². The van der Waals surface area contributed by atoms with E-state index in [4.69, 9.17) is 5.11 Å². The third-order valence-electron chi connectivity index (χ3n) is 3.10. The maximum absolute atomic E-state index is 13.0. The molecule has 5 heteroatoms. The van der Waals surface area contributed by atoms with Crippen LogP contribution >= 0.6 is 0 Å². The van der Waals surface area contributed by atoms with Gasteiger partial charge < -0.3 is 9.67 Å². The molecule has 1 aromatic heterocycles.